The Morgan fingerprint density at radius 2 is 2.09 bits per heavy atom. The molecule has 1 aromatic rings. The quantitative estimate of drug-likeness (QED) is 0.420. The molecular weight excluding hydrogens is 209 g/mol. The third-order valence-corrected chi connectivity index (χ3v) is 2.93. The van der Waals surface area contributed by atoms with E-state index in [9.17, 15) is 10.1 Å². The Kier molecular flexibility index (Phi) is 2.63. The van der Waals surface area contributed by atoms with Crippen molar-refractivity contribution in [3.63, 3.8) is 0 Å². The Balaban J connectivity index is 3.12. The Hall–Kier alpha value is -0.861. The molecular formula is C7H7NO2Se. The van der Waals surface area contributed by atoms with Gasteiger partial charge in [0, 0.05) is 0 Å². The molecule has 0 amide bonds. The molecule has 11 heavy (non-hydrogen) atoms. The van der Waals surface area contributed by atoms with Crippen molar-refractivity contribution in [3.05, 3.63) is 34.4 Å². The van der Waals surface area contributed by atoms with Gasteiger partial charge in [0.1, 0.15) is 0 Å². The summed E-state index contributed by atoms with van der Waals surface area (Å²) < 4.78 is 0.852. The minimum atomic E-state index is -0.333. The van der Waals surface area contributed by atoms with Crippen LogP contribution in [0.1, 0.15) is 0 Å². The van der Waals surface area contributed by atoms with Crippen molar-refractivity contribution in [2.45, 2.75) is 5.82 Å². The fourth-order valence-corrected chi connectivity index (χ4v) is 1.97. The molecule has 0 heterocycles. The van der Waals surface area contributed by atoms with Crippen LogP contribution >= 0.6 is 0 Å². The van der Waals surface area contributed by atoms with E-state index in [0.29, 0.717) is 0 Å². The third kappa shape index (κ3) is 1.79. The first-order valence-electron chi connectivity index (χ1n) is 3.03. The van der Waals surface area contributed by atoms with Crippen LogP contribution in [0, 0.1) is 10.1 Å². The molecule has 1 aromatic carbocycles. The maximum atomic E-state index is 10.4. The van der Waals surface area contributed by atoms with Gasteiger partial charge in [-0.1, -0.05) is 0 Å². The molecule has 4 heteroatoms. The molecule has 0 aliphatic heterocycles. The second-order valence-electron chi connectivity index (χ2n) is 1.93. The predicted octanol–water partition coefficient (Wildman–Crippen LogP) is 0.972. The van der Waals surface area contributed by atoms with E-state index in [0.717, 1.165) is 4.46 Å². The third-order valence-electron chi connectivity index (χ3n) is 1.28. The van der Waals surface area contributed by atoms with Crippen LogP contribution in [-0.2, 0) is 0 Å². The van der Waals surface area contributed by atoms with E-state index in [1.165, 1.54) is 0 Å². The average molecular weight is 216 g/mol. The Morgan fingerprint density at radius 1 is 1.45 bits per heavy atom. The number of para-hydroxylation sites is 1. The van der Waals surface area contributed by atoms with E-state index in [1.54, 1.807) is 18.2 Å². The molecule has 0 aliphatic carbocycles. The predicted molar refractivity (Wildman–Crippen MR) is 44.3 cm³/mol. The van der Waals surface area contributed by atoms with Gasteiger partial charge in [-0.15, -0.1) is 0 Å². The molecule has 58 valence electrons. The van der Waals surface area contributed by atoms with Crippen LogP contribution in [0.25, 0.3) is 0 Å². The van der Waals surface area contributed by atoms with Crippen LogP contribution in [0.5, 0.6) is 0 Å². The Bertz CT molecular complexity index is 275. The van der Waals surface area contributed by atoms with E-state index in [2.05, 4.69) is 0 Å². The topological polar surface area (TPSA) is 43.1 Å². The molecule has 0 unspecified atom stereocenters. The summed E-state index contributed by atoms with van der Waals surface area (Å²) in [6.45, 7) is 0. The van der Waals surface area contributed by atoms with Crippen molar-refractivity contribution in [2.75, 3.05) is 0 Å². The van der Waals surface area contributed by atoms with Gasteiger partial charge in [0.25, 0.3) is 0 Å². The van der Waals surface area contributed by atoms with Crippen LogP contribution in [-0.4, -0.2) is 19.9 Å². The average Bonchev–Trinajstić information content (AvgIpc) is 2.04. The Morgan fingerprint density at radius 3 is 2.55 bits per heavy atom. The van der Waals surface area contributed by atoms with Crippen LogP contribution in [0.2, 0.25) is 5.82 Å². The summed E-state index contributed by atoms with van der Waals surface area (Å²) in [6.07, 6.45) is 0. The summed E-state index contributed by atoms with van der Waals surface area (Å²) in [5.41, 5.74) is 0.245. The first kappa shape index (κ1) is 8.24. The number of hydrogen-bond acceptors (Lipinski definition) is 2. The van der Waals surface area contributed by atoms with E-state index in [-0.39, 0.29) is 25.6 Å². The number of nitrogens with zero attached hydrogens (tertiary/aromatic N) is 1. The number of rotatable bonds is 2. The second-order valence-corrected chi connectivity index (χ2v) is 3.71. The van der Waals surface area contributed by atoms with Gasteiger partial charge in [-0.3, -0.25) is 0 Å². The fraction of sp³-hybridized carbons (Fsp3) is 0.143. The number of nitro benzene ring substituents is 1. The van der Waals surface area contributed by atoms with Gasteiger partial charge in [0.05, 0.1) is 0 Å². The molecule has 0 bridgehead atoms. The van der Waals surface area contributed by atoms with Gasteiger partial charge >= 0.3 is 70.2 Å². The molecule has 0 saturated carbocycles. The zero-order valence-electron chi connectivity index (χ0n) is 5.98. The molecule has 1 rings (SSSR count). The summed E-state index contributed by atoms with van der Waals surface area (Å²) in [5, 5.41) is 10.4. The molecule has 0 spiro atoms. The van der Waals surface area contributed by atoms with Crippen molar-refractivity contribution < 1.29 is 4.92 Å². The molecule has 0 aromatic heterocycles. The minimum absolute atomic E-state index is 0.198. The van der Waals surface area contributed by atoms with Crippen molar-refractivity contribution in [3.8, 4) is 0 Å². The van der Waals surface area contributed by atoms with Crippen molar-refractivity contribution in [1.82, 2.24) is 0 Å². The summed E-state index contributed by atoms with van der Waals surface area (Å²) in [6, 6.07) is 6.86. The van der Waals surface area contributed by atoms with Crippen molar-refractivity contribution >= 4 is 25.1 Å². The number of benzene rings is 1. The SMILES string of the molecule is C[Se]c1ccccc1[N+](=O)[O-]. The van der Waals surface area contributed by atoms with Crippen LogP contribution in [0.15, 0.2) is 24.3 Å². The summed E-state index contributed by atoms with van der Waals surface area (Å²) >= 11 is 0.198. The van der Waals surface area contributed by atoms with Gasteiger partial charge in [0.2, 0.25) is 0 Å². The summed E-state index contributed by atoms with van der Waals surface area (Å²) in [7, 11) is 0. The first-order chi connectivity index (χ1) is 5.25. The molecule has 3 nitrogen and oxygen atoms in total. The van der Waals surface area contributed by atoms with Gasteiger partial charge < -0.3 is 0 Å². The Labute approximate surface area is 70.7 Å². The van der Waals surface area contributed by atoms with E-state index in [4.69, 9.17) is 0 Å². The first-order valence-corrected chi connectivity index (χ1v) is 5.60. The van der Waals surface area contributed by atoms with Crippen molar-refractivity contribution in [2.24, 2.45) is 0 Å². The molecule has 0 fully saturated rings. The summed E-state index contributed by atoms with van der Waals surface area (Å²) in [5.74, 6) is 1.97. The monoisotopic (exact) mass is 217 g/mol. The second kappa shape index (κ2) is 3.51. The summed E-state index contributed by atoms with van der Waals surface area (Å²) in [4.78, 5) is 10.1. The van der Waals surface area contributed by atoms with E-state index < -0.39 is 0 Å². The van der Waals surface area contributed by atoms with E-state index >= 15 is 0 Å². The van der Waals surface area contributed by atoms with Gasteiger partial charge in [-0.2, -0.15) is 0 Å². The molecule has 0 N–H and O–H groups in total. The standard InChI is InChI=1S/C7H7NO2Se/c1-11-7-5-3-2-4-6(7)8(9)10/h2-5H,1H3. The van der Waals surface area contributed by atoms with Gasteiger partial charge in [0.15, 0.2) is 0 Å². The number of hydrogen-bond donors (Lipinski definition) is 0. The molecule has 0 atom stereocenters. The van der Waals surface area contributed by atoms with Crippen LogP contribution < -0.4 is 4.46 Å². The fourth-order valence-electron chi connectivity index (χ4n) is 0.781. The molecule has 0 saturated heterocycles. The van der Waals surface area contributed by atoms with Gasteiger partial charge in [-0.05, 0) is 0 Å². The molecule has 0 aliphatic rings. The zero-order chi connectivity index (χ0) is 8.27. The van der Waals surface area contributed by atoms with Crippen LogP contribution in [0.3, 0.4) is 0 Å². The van der Waals surface area contributed by atoms with E-state index in [1.807, 2.05) is 11.9 Å². The number of nitro groups is 1. The van der Waals surface area contributed by atoms with Crippen molar-refractivity contribution in [1.29, 1.82) is 0 Å². The maximum absolute atomic E-state index is 10.4. The molecule has 0 radical (unpaired) electrons. The van der Waals surface area contributed by atoms with Gasteiger partial charge in [-0.25, -0.2) is 0 Å². The zero-order valence-corrected chi connectivity index (χ0v) is 7.69. The normalized spacial score (nSPS) is 9.55. The van der Waals surface area contributed by atoms with Crippen LogP contribution in [0.4, 0.5) is 5.69 Å².